The van der Waals surface area contributed by atoms with E-state index >= 15 is 0 Å². The maximum Gasteiger partial charge on any atom is 0.271 e. The van der Waals surface area contributed by atoms with Gasteiger partial charge in [-0.15, -0.1) is 11.3 Å². The van der Waals surface area contributed by atoms with Gasteiger partial charge in [-0.3, -0.25) is 4.79 Å². The zero-order valence-electron chi connectivity index (χ0n) is 10.4. The first-order valence-electron chi connectivity index (χ1n) is 5.52. The number of halogens is 2. The number of carbonyl (C=O) groups excluding carboxylic acids is 1. The van der Waals surface area contributed by atoms with E-state index in [0.717, 1.165) is 18.0 Å². The fourth-order valence-electron chi connectivity index (χ4n) is 1.42. The van der Waals surface area contributed by atoms with Crippen molar-refractivity contribution in [3.8, 4) is 5.75 Å². The highest BCUT2D eigenvalue weighted by Gasteiger charge is 2.07. The van der Waals surface area contributed by atoms with Crippen LogP contribution < -0.4 is 10.2 Å². The number of amides is 1. The Hall–Kier alpha value is -0.930. The smallest absolute Gasteiger partial charge is 0.271 e. The summed E-state index contributed by atoms with van der Waals surface area (Å²) in [4.78, 5) is 12.9. The van der Waals surface area contributed by atoms with Gasteiger partial charge in [0.25, 0.3) is 5.91 Å². The molecule has 0 unspecified atom stereocenters. The molecule has 0 spiro atoms. The SMILES string of the molecule is COc1ccc(C(=O)N/N=C/c2ccc(Br)s2)cc1I. The largest absolute Gasteiger partial charge is 0.496 e. The van der Waals surface area contributed by atoms with Crippen LogP contribution in [0.25, 0.3) is 0 Å². The van der Waals surface area contributed by atoms with Crippen molar-refractivity contribution in [3.05, 3.63) is 48.1 Å². The van der Waals surface area contributed by atoms with Crippen molar-refractivity contribution in [1.29, 1.82) is 0 Å². The van der Waals surface area contributed by atoms with Crippen LogP contribution in [0.1, 0.15) is 15.2 Å². The minimum Gasteiger partial charge on any atom is -0.496 e. The topological polar surface area (TPSA) is 50.7 Å². The molecule has 1 N–H and O–H groups in total. The number of nitrogens with zero attached hydrogens (tertiary/aromatic N) is 1. The zero-order chi connectivity index (χ0) is 14.5. The summed E-state index contributed by atoms with van der Waals surface area (Å²) in [5, 5.41) is 3.93. The molecule has 0 bridgehead atoms. The molecule has 1 aromatic carbocycles. The van der Waals surface area contributed by atoms with Gasteiger partial charge < -0.3 is 4.74 Å². The number of hydrazone groups is 1. The van der Waals surface area contributed by atoms with Gasteiger partial charge in [0.2, 0.25) is 0 Å². The van der Waals surface area contributed by atoms with Crippen molar-refractivity contribution in [2.24, 2.45) is 5.10 Å². The molecule has 20 heavy (non-hydrogen) atoms. The van der Waals surface area contributed by atoms with Crippen molar-refractivity contribution in [1.82, 2.24) is 5.43 Å². The number of methoxy groups -OCH3 is 1. The first-order chi connectivity index (χ1) is 9.60. The summed E-state index contributed by atoms with van der Waals surface area (Å²) in [6.45, 7) is 0. The van der Waals surface area contributed by atoms with Crippen LogP contribution in [0.2, 0.25) is 0 Å². The summed E-state index contributed by atoms with van der Waals surface area (Å²) in [7, 11) is 1.60. The lowest BCUT2D eigenvalue weighted by atomic mass is 10.2. The minimum absolute atomic E-state index is 0.252. The Labute approximate surface area is 142 Å². The van der Waals surface area contributed by atoms with E-state index in [2.05, 4.69) is 49.0 Å². The van der Waals surface area contributed by atoms with Gasteiger partial charge in [0.05, 0.1) is 20.7 Å². The van der Waals surface area contributed by atoms with E-state index in [1.807, 2.05) is 12.1 Å². The third-order valence-corrected chi connectivity index (χ3v) is 4.77. The Morgan fingerprint density at radius 2 is 2.25 bits per heavy atom. The lowest BCUT2D eigenvalue weighted by Crippen LogP contribution is -2.17. The predicted octanol–water partition coefficient (Wildman–Crippen LogP) is 3.89. The Kier molecular flexibility index (Phi) is 5.55. The van der Waals surface area contributed by atoms with Crippen LogP contribution in [0.4, 0.5) is 0 Å². The zero-order valence-corrected chi connectivity index (χ0v) is 15.0. The van der Waals surface area contributed by atoms with E-state index in [1.54, 1.807) is 42.9 Å². The molecule has 0 aliphatic heterocycles. The van der Waals surface area contributed by atoms with Crippen LogP contribution in [-0.4, -0.2) is 19.2 Å². The first-order valence-corrected chi connectivity index (χ1v) is 8.21. The average molecular weight is 465 g/mol. The highest BCUT2D eigenvalue weighted by molar-refractivity contribution is 14.1. The lowest BCUT2D eigenvalue weighted by molar-refractivity contribution is 0.0955. The minimum atomic E-state index is -0.252. The predicted molar refractivity (Wildman–Crippen MR) is 92.8 cm³/mol. The molecule has 0 fully saturated rings. The quantitative estimate of drug-likeness (QED) is 0.424. The summed E-state index contributed by atoms with van der Waals surface area (Å²) in [5.74, 6) is 0.492. The maximum absolute atomic E-state index is 11.9. The summed E-state index contributed by atoms with van der Waals surface area (Å²) in [6, 6.07) is 9.07. The molecule has 0 atom stereocenters. The van der Waals surface area contributed by atoms with Gasteiger partial charge in [0, 0.05) is 10.4 Å². The molecule has 104 valence electrons. The molecule has 1 heterocycles. The molecular formula is C13H10BrIN2O2S. The second kappa shape index (κ2) is 7.19. The molecule has 0 radical (unpaired) electrons. The van der Waals surface area contributed by atoms with E-state index in [4.69, 9.17) is 4.74 Å². The molecule has 0 aliphatic rings. The fourth-order valence-corrected chi connectivity index (χ4v) is 3.46. The van der Waals surface area contributed by atoms with Crippen molar-refractivity contribution in [3.63, 3.8) is 0 Å². The van der Waals surface area contributed by atoms with Crippen LogP contribution in [0.15, 0.2) is 39.2 Å². The third-order valence-electron chi connectivity index (χ3n) is 2.37. The van der Waals surface area contributed by atoms with Gasteiger partial charge in [-0.05, 0) is 68.9 Å². The Morgan fingerprint density at radius 1 is 1.45 bits per heavy atom. The van der Waals surface area contributed by atoms with Crippen molar-refractivity contribution < 1.29 is 9.53 Å². The van der Waals surface area contributed by atoms with E-state index in [1.165, 1.54) is 0 Å². The van der Waals surface area contributed by atoms with Crippen LogP contribution >= 0.6 is 49.9 Å². The summed E-state index contributed by atoms with van der Waals surface area (Å²) < 4.78 is 7.05. The molecule has 7 heteroatoms. The molecule has 0 saturated carbocycles. The first kappa shape index (κ1) is 15.5. The lowest BCUT2D eigenvalue weighted by Gasteiger charge is -2.05. The van der Waals surface area contributed by atoms with E-state index in [9.17, 15) is 4.79 Å². The number of ether oxygens (including phenoxy) is 1. The van der Waals surface area contributed by atoms with E-state index < -0.39 is 0 Å². The molecule has 0 saturated heterocycles. The number of rotatable bonds is 4. The number of nitrogens with one attached hydrogen (secondary N) is 1. The van der Waals surface area contributed by atoms with Crippen LogP contribution in [-0.2, 0) is 0 Å². The van der Waals surface area contributed by atoms with Gasteiger partial charge in [-0.2, -0.15) is 5.10 Å². The standard InChI is InChI=1S/C13H10BrIN2O2S/c1-19-11-4-2-8(6-10(11)15)13(18)17-16-7-9-3-5-12(14)20-9/h2-7H,1H3,(H,17,18)/b16-7+. The summed E-state index contributed by atoms with van der Waals surface area (Å²) in [6.07, 6.45) is 1.61. The van der Waals surface area contributed by atoms with E-state index in [-0.39, 0.29) is 5.91 Å². The van der Waals surface area contributed by atoms with Crippen LogP contribution in [0, 0.1) is 3.57 Å². The summed E-state index contributed by atoms with van der Waals surface area (Å²) >= 11 is 7.03. The Bertz CT molecular complexity index is 658. The van der Waals surface area contributed by atoms with E-state index in [0.29, 0.717) is 5.56 Å². The average Bonchev–Trinajstić information content (AvgIpc) is 2.84. The van der Waals surface area contributed by atoms with Crippen molar-refractivity contribution in [2.75, 3.05) is 7.11 Å². The molecule has 4 nitrogen and oxygen atoms in total. The van der Waals surface area contributed by atoms with Gasteiger partial charge >= 0.3 is 0 Å². The van der Waals surface area contributed by atoms with Gasteiger partial charge in [-0.25, -0.2) is 5.43 Å². The molecular weight excluding hydrogens is 455 g/mol. The fraction of sp³-hybridized carbons (Fsp3) is 0.0769. The Morgan fingerprint density at radius 3 is 2.85 bits per heavy atom. The second-order valence-corrected chi connectivity index (χ2v) is 7.35. The molecule has 2 rings (SSSR count). The second-order valence-electron chi connectivity index (χ2n) is 3.69. The Balaban J connectivity index is 2.01. The number of carbonyl (C=O) groups is 1. The third kappa shape index (κ3) is 4.03. The molecule has 2 aromatic rings. The van der Waals surface area contributed by atoms with Gasteiger partial charge in [-0.1, -0.05) is 0 Å². The highest BCUT2D eigenvalue weighted by atomic mass is 127. The number of benzene rings is 1. The van der Waals surface area contributed by atoms with Crippen molar-refractivity contribution in [2.45, 2.75) is 0 Å². The van der Waals surface area contributed by atoms with Crippen molar-refractivity contribution >= 4 is 62.0 Å². The molecule has 1 aromatic heterocycles. The monoisotopic (exact) mass is 464 g/mol. The summed E-state index contributed by atoms with van der Waals surface area (Å²) in [5.41, 5.74) is 3.04. The highest BCUT2D eigenvalue weighted by Crippen LogP contribution is 2.22. The number of hydrogen-bond donors (Lipinski definition) is 1. The maximum atomic E-state index is 11.9. The van der Waals surface area contributed by atoms with Gasteiger partial charge in [0.1, 0.15) is 5.75 Å². The van der Waals surface area contributed by atoms with Gasteiger partial charge in [0.15, 0.2) is 0 Å². The molecule has 0 aliphatic carbocycles. The number of hydrogen-bond acceptors (Lipinski definition) is 4. The normalized spacial score (nSPS) is 10.8. The van der Waals surface area contributed by atoms with Crippen LogP contribution in [0.5, 0.6) is 5.75 Å². The molecule has 1 amide bonds. The van der Waals surface area contributed by atoms with Crippen LogP contribution in [0.3, 0.4) is 0 Å². The number of thiophene rings is 1.